The van der Waals surface area contributed by atoms with E-state index < -0.39 is 20.4 Å². The van der Waals surface area contributed by atoms with Gasteiger partial charge in [0.05, 0.1) is 0 Å². The highest BCUT2D eigenvalue weighted by Gasteiger charge is 2.37. The number of halogens is 2. The van der Waals surface area contributed by atoms with Crippen molar-refractivity contribution < 1.29 is 22.4 Å². The molecule has 1 aromatic carbocycles. The molecule has 0 aliphatic carbocycles. The molecule has 0 aromatic heterocycles. The third-order valence-electron chi connectivity index (χ3n) is 2.17. The summed E-state index contributed by atoms with van der Waals surface area (Å²) >= 11 is 0. The Kier molecular flexibility index (Phi) is 5.19. The molecule has 0 unspecified atom stereocenters. The van der Waals surface area contributed by atoms with Crippen LogP contribution in [0.4, 0.5) is 8.78 Å². The molecular weight excluding hydrogens is 246 g/mol. The molecule has 1 aromatic rings. The molecule has 0 spiro atoms. The molecule has 0 bridgehead atoms. The SMILES string of the molecule is CCO[Si](O)(Cc1ccc(F)cc1F)OCC. The number of rotatable bonds is 6. The van der Waals surface area contributed by atoms with Crippen molar-refractivity contribution in [2.45, 2.75) is 19.9 Å². The third kappa shape index (κ3) is 4.16. The van der Waals surface area contributed by atoms with E-state index in [1.54, 1.807) is 13.8 Å². The monoisotopic (exact) mass is 262 g/mol. The quantitative estimate of drug-likeness (QED) is 0.797. The average molecular weight is 262 g/mol. The molecule has 6 heteroatoms. The largest absolute Gasteiger partial charge is 0.502 e. The topological polar surface area (TPSA) is 38.7 Å². The number of hydrogen-bond donors (Lipinski definition) is 1. The van der Waals surface area contributed by atoms with Crippen LogP contribution in [0, 0.1) is 11.6 Å². The molecule has 0 fully saturated rings. The fourth-order valence-corrected chi connectivity index (χ4v) is 3.46. The Morgan fingerprint density at radius 2 is 1.76 bits per heavy atom. The van der Waals surface area contributed by atoms with E-state index in [1.165, 1.54) is 6.07 Å². The molecule has 17 heavy (non-hydrogen) atoms. The van der Waals surface area contributed by atoms with Gasteiger partial charge in [-0.25, -0.2) is 8.78 Å². The standard InChI is InChI=1S/C11H16F2O3Si/c1-3-15-17(14,16-4-2)8-9-5-6-10(12)7-11(9)13/h5-7,14H,3-4,8H2,1-2H3. The second kappa shape index (κ2) is 6.20. The lowest BCUT2D eigenvalue weighted by molar-refractivity contribution is 0.107. The van der Waals surface area contributed by atoms with Crippen molar-refractivity contribution in [2.24, 2.45) is 0 Å². The fraction of sp³-hybridized carbons (Fsp3) is 0.455. The molecule has 0 saturated carbocycles. The highest BCUT2D eigenvalue weighted by atomic mass is 28.4. The van der Waals surface area contributed by atoms with E-state index in [-0.39, 0.29) is 24.8 Å². The van der Waals surface area contributed by atoms with Crippen molar-refractivity contribution in [2.75, 3.05) is 13.2 Å². The van der Waals surface area contributed by atoms with Crippen LogP contribution in [0.2, 0.25) is 0 Å². The van der Waals surface area contributed by atoms with Crippen LogP contribution >= 0.6 is 0 Å². The maximum Gasteiger partial charge on any atom is 0.502 e. The number of benzene rings is 1. The van der Waals surface area contributed by atoms with Crippen LogP contribution in [0.5, 0.6) is 0 Å². The van der Waals surface area contributed by atoms with Crippen molar-refractivity contribution in [3.63, 3.8) is 0 Å². The summed E-state index contributed by atoms with van der Waals surface area (Å²) < 4.78 is 36.5. The van der Waals surface area contributed by atoms with E-state index in [4.69, 9.17) is 8.85 Å². The second-order valence-corrected chi connectivity index (χ2v) is 5.85. The van der Waals surface area contributed by atoms with Gasteiger partial charge in [0.15, 0.2) is 0 Å². The molecule has 0 aliphatic heterocycles. The van der Waals surface area contributed by atoms with Crippen LogP contribution in [0.1, 0.15) is 19.4 Å². The van der Waals surface area contributed by atoms with Crippen LogP contribution < -0.4 is 0 Å². The first kappa shape index (κ1) is 14.2. The Hall–Kier alpha value is -0.823. The van der Waals surface area contributed by atoms with Gasteiger partial charge in [0, 0.05) is 25.3 Å². The van der Waals surface area contributed by atoms with Gasteiger partial charge in [-0.1, -0.05) is 6.07 Å². The summed E-state index contributed by atoms with van der Waals surface area (Å²) in [6.45, 7) is 4.01. The maximum atomic E-state index is 13.4. The van der Waals surface area contributed by atoms with Gasteiger partial charge in [0.2, 0.25) is 0 Å². The minimum atomic E-state index is -3.40. The first-order chi connectivity index (χ1) is 8.00. The van der Waals surface area contributed by atoms with E-state index in [0.29, 0.717) is 0 Å². The van der Waals surface area contributed by atoms with E-state index in [0.717, 1.165) is 12.1 Å². The minimum Gasteiger partial charge on any atom is -0.389 e. The predicted molar refractivity (Wildman–Crippen MR) is 61.3 cm³/mol. The summed E-state index contributed by atoms with van der Waals surface area (Å²) in [5.74, 6) is -1.35. The van der Waals surface area contributed by atoms with Crippen molar-refractivity contribution in [3.8, 4) is 0 Å². The van der Waals surface area contributed by atoms with Crippen LogP contribution in [0.25, 0.3) is 0 Å². The number of hydrogen-bond acceptors (Lipinski definition) is 3. The first-order valence-electron chi connectivity index (χ1n) is 5.45. The summed E-state index contributed by atoms with van der Waals surface area (Å²) in [7, 11) is -3.40. The second-order valence-electron chi connectivity index (χ2n) is 3.49. The molecule has 1 N–H and O–H groups in total. The summed E-state index contributed by atoms with van der Waals surface area (Å²) in [4.78, 5) is 10.1. The Bertz CT molecular complexity index is 368. The molecule has 0 aliphatic rings. The molecule has 0 atom stereocenters. The van der Waals surface area contributed by atoms with Gasteiger partial charge in [-0.15, -0.1) is 0 Å². The summed E-state index contributed by atoms with van der Waals surface area (Å²) in [5, 5.41) is 0. The molecule has 0 radical (unpaired) electrons. The molecule has 0 saturated heterocycles. The molecular formula is C11H16F2O3Si. The fourth-order valence-electron chi connectivity index (χ4n) is 1.50. The molecule has 3 nitrogen and oxygen atoms in total. The van der Waals surface area contributed by atoms with E-state index >= 15 is 0 Å². The van der Waals surface area contributed by atoms with Gasteiger partial charge >= 0.3 is 8.80 Å². The maximum absolute atomic E-state index is 13.4. The summed E-state index contributed by atoms with van der Waals surface area (Å²) in [5.41, 5.74) is 0.197. The zero-order valence-electron chi connectivity index (χ0n) is 9.87. The lowest BCUT2D eigenvalue weighted by atomic mass is 10.2. The van der Waals surface area contributed by atoms with E-state index in [9.17, 15) is 13.6 Å². The van der Waals surface area contributed by atoms with Gasteiger partial charge in [-0.3, -0.25) is 0 Å². The zero-order chi connectivity index (χ0) is 12.9. The highest BCUT2D eigenvalue weighted by Crippen LogP contribution is 2.16. The smallest absolute Gasteiger partial charge is 0.389 e. The molecule has 1 rings (SSSR count). The summed E-state index contributed by atoms with van der Waals surface area (Å²) in [6, 6.07) is 3.16. The van der Waals surface area contributed by atoms with Gasteiger partial charge in [-0.2, -0.15) is 0 Å². The lowest BCUT2D eigenvalue weighted by Crippen LogP contribution is -2.45. The van der Waals surface area contributed by atoms with Crippen molar-refractivity contribution >= 4 is 8.80 Å². The van der Waals surface area contributed by atoms with Crippen LogP contribution in [0.3, 0.4) is 0 Å². The van der Waals surface area contributed by atoms with Crippen LogP contribution in [-0.4, -0.2) is 26.8 Å². The molecule has 0 heterocycles. The van der Waals surface area contributed by atoms with Crippen LogP contribution in [-0.2, 0) is 14.9 Å². The van der Waals surface area contributed by atoms with Gasteiger partial charge in [-0.05, 0) is 25.5 Å². The Labute approximate surface area is 100 Å². The Balaban J connectivity index is 2.85. The van der Waals surface area contributed by atoms with E-state index in [1.807, 2.05) is 0 Å². The van der Waals surface area contributed by atoms with Crippen molar-refractivity contribution in [3.05, 3.63) is 35.4 Å². The predicted octanol–water partition coefficient (Wildman–Crippen LogP) is 2.05. The highest BCUT2D eigenvalue weighted by molar-refractivity contribution is 6.58. The average Bonchev–Trinajstić information content (AvgIpc) is 2.23. The lowest BCUT2D eigenvalue weighted by Gasteiger charge is -2.23. The van der Waals surface area contributed by atoms with Crippen LogP contribution in [0.15, 0.2) is 18.2 Å². The van der Waals surface area contributed by atoms with Gasteiger partial charge in [0.25, 0.3) is 0 Å². The Morgan fingerprint density at radius 1 is 1.18 bits per heavy atom. The van der Waals surface area contributed by atoms with Crippen molar-refractivity contribution in [1.82, 2.24) is 0 Å². The third-order valence-corrected chi connectivity index (χ3v) is 4.48. The first-order valence-corrected chi connectivity index (χ1v) is 7.42. The zero-order valence-corrected chi connectivity index (χ0v) is 10.9. The minimum absolute atomic E-state index is 0.0548. The van der Waals surface area contributed by atoms with Crippen molar-refractivity contribution in [1.29, 1.82) is 0 Å². The molecule has 96 valence electrons. The van der Waals surface area contributed by atoms with E-state index in [2.05, 4.69) is 0 Å². The Morgan fingerprint density at radius 3 is 2.24 bits per heavy atom. The summed E-state index contributed by atoms with van der Waals surface area (Å²) in [6.07, 6.45) is 0. The molecule has 0 amide bonds. The van der Waals surface area contributed by atoms with Gasteiger partial charge < -0.3 is 13.6 Å². The normalized spacial score (nSPS) is 11.8. The van der Waals surface area contributed by atoms with Gasteiger partial charge in [0.1, 0.15) is 11.6 Å².